The number of H-pyrrole nitrogens is 1. The zero-order chi connectivity index (χ0) is 13.5. The number of carbonyl (C=O) groups excluding carboxylic acids is 1. The lowest BCUT2D eigenvalue weighted by atomic mass is 9.93. The van der Waals surface area contributed by atoms with E-state index in [-0.39, 0.29) is 11.7 Å². The van der Waals surface area contributed by atoms with Gasteiger partial charge in [0.1, 0.15) is 6.33 Å². The second kappa shape index (κ2) is 7.10. The highest BCUT2D eigenvalue weighted by atomic mass is 16.2. The van der Waals surface area contributed by atoms with E-state index in [1.54, 1.807) is 0 Å². The molecule has 0 bridgehead atoms. The molecule has 1 atom stereocenters. The molecule has 1 amide bonds. The molecule has 18 heavy (non-hydrogen) atoms. The van der Waals surface area contributed by atoms with E-state index < -0.39 is 0 Å². The fourth-order valence-electron chi connectivity index (χ4n) is 2.20. The van der Waals surface area contributed by atoms with Crippen LogP contribution in [0.2, 0.25) is 0 Å². The second-order valence-electron chi connectivity index (χ2n) is 4.65. The van der Waals surface area contributed by atoms with Crippen molar-refractivity contribution in [2.45, 2.75) is 32.7 Å². The summed E-state index contributed by atoms with van der Waals surface area (Å²) in [6.07, 6.45) is 3.55. The number of aromatic nitrogens is 3. The summed E-state index contributed by atoms with van der Waals surface area (Å²) in [6, 6.07) is 0.340. The molecule has 102 valence electrons. The van der Waals surface area contributed by atoms with Gasteiger partial charge in [-0.05, 0) is 20.0 Å². The molecular formula is C12H23N5O. The first-order chi connectivity index (χ1) is 8.60. The number of rotatable bonds is 7. The molecule has 0 saturated carbocycles. The van der Waals surface area contributed by atoms with E-state index in [1.807, 2.05) is 14.1 Å². The van der Waals surface area contributed by atoms with Crippen LogP contribution in [0.1, 0.15) is 37.3 Å². The normalized spacial score (nSPS) is 13.0. The topological polar surface area (TPSA) is 73.9 Å². The van der Waals surface area contributed by atoms with E-state index >= 15 is 0 Å². The van der Waals surface area contributed by atoms with E-state index in [9.17, 15) is 4.79 Å². The summed E-state index contributed by atoms with van der Waals surface area (Å²) in [5.74, 6) is 0.636. The maximum Gasteiger partial charge on any atom is 0.288 e. The minimum Gasteiger partial charge on any atom is -0.348 e. The molecule has 0 spiro atoms. The SMILES string of the molecule is CCC(CC)C(CNC(=O)c1ncn[nH]1)N(C)C. The smallest absolute Gasteiger partial charge is 0.288 e. The summed E-state index contributed by atoms with van der Waals surface area (Å²) in [4.78, 5) is 17.8. The number of hydrogen-bond donors (Lipinski definition) is 2. The van der Waals surface area contributed by atoms with E-state index in [4.69, 9.17) is 0 Å². The van der Waals surface area contributed by atoms with Crippen molar-refractivity contribution in [2.75, 3.05) is 20.6 Å². The van der Waals surface area contributed by atoms with Crippen LogP contribution in [-0.4, -0.2) is 52.7 Å². The van der Waals surface area contributed by atoms with Gasteiger partial charge in [0.25, 0.3) is 5.91 Å². The van der Waals surface area contributed by atoms with Crippen LogP contribution < -0.4 is 5.32 Å². The highest BCUT2D eigenvalue weighted by molar-refractivity contribution is 5.90. The number of amides is 1. The van der Waals surface area contributed by atoms with Crippen LogP contribution in [0.4, 0.5) is 0 Å². The summed E-state index contributed by atoms with van der Waals surface area (Å²) >= 11 is 0. The maximum atomic E-state index is 11.8. The van der Waals surface area contributed by atoms with E-state index in [0.717, 1.165) is 12.8 Å². The van der Waals surface area contributed by atoms with Crippen molar-refractivity contribution in [1.82, 2.24) is 25.4 Å². The van der Waals surface area contributed by atoms with Crippen molar-refractivity contribution in [2.24, 2.45) is 5.92 Å². The Balaban J connectivity index is 2.55. The first-order valence-corrected chi connectivity index (χ1v) is 6.40. The molecule has 0 aromatic carbocycles. The monoisotopic (exact) mass is 253 g/mol. The molecule has 0 aliphatic carbocycles. The number of nitrogens with zero attached hydrogens (tertiary/aromatic N) is 3. The molecule has 0 aliphatic rings. The molecule has 1 unspecified atom stereocenters. The van der Waals surface area contributed by atoms with Crippen LogP contribution in [0.25, 0.3) is 0 Å². The van der Waals surface area contributed by atoms with Gasteiger partial charge < -0.3 is 10.2 Å². The predicted molar refractivity (Wildman–Crippen MR) is 70.3 cm³/mol. The molecule has 1 heterocycles. The number of likely N-dealkylation sites (N-methyl/N-ethyl adjacent to an activating group) is 1. The van der Waals surface area contributed by atoms with Crippen molar-refractivity contribution in [3.63, 3.8) is 0 Å². The summed E-state index contributed by atoms with van der Waals surface area (Å²) in [5, 5.41) is 9.13. The zero-order valence-electron chi connectivity index (χ0n) is 11.6. The van der Waals surface area contributed by atoms with Gasteiger partial charge in [0.05, 0.1) is 0 Å². The number of carbonyl (C=O) groups is 1. The minimum absolute atomic E-state index is 0.203. The fourth-order valence-corrected chi connectivity index (χ4v) is 2.20. The lowest BCUT2D eigenvalue weighted by Gasteiger charge is -2.31. The third-order valence-corrected chi connectivity index (χ3v) is 3.36. The van der Waals surface area contributed by atoms with Crippen molar-refractivity contribution in [1.29, 1.82) is 0 Å². The summed E-state index contributed by atoms with van der Waals surface area (Å²) in [6.45, 7) is 4.99. The Bertz CT molecular complexity index is 345. The van der Waals surface area contributed by atoms with Gasteiger partial charge in [-0.2, -0.15) is 5.10 Å². The number of nitrogens with one attached hydrogen (secondary N) is 2. The maximum absolute atomic E-state index is 11.8. The second-order valence-corrected chi connectivity index (χ2v) is 4.65. The van der Waals surface area contributed by atoms with Crippen molar-refractivity contribution in [3.8, 4) is 0 Å². The van der Waals surface area contributed by atoms with E-state index in [2.05, 4.69) is 39.2 Å². The molecule has 2 N–H and O–H groups in total. The third kappa shape index (κ3) is 3.80. The fraction of sp³-hybridized carbons (Fsp3) is 0.750. The minimum atomic E-state index is -0.203. The molecule has 1 aromatic heterocycles. The molecule has 0 radical (unpaired) electrons. The molecule has 6 heteroatoms. The Morgan fingerprint density at radius 2 is 2.11 bits per heavy atom. The van der Waals surface area contributed by atoms with E-state index in [1.165, 1.54) is 6.33 Å². The predicted octanol–water partition coefficient (Wildman–Crippen LogP) is 0.901. The molecule has 1 rings (SSSR count). The van der Waals surface area contributed by atoms with Gasteiger partial charge in [0.2, 0.25) is 5.82 Å². The molecular weight excluding hydrogens is 230 g/mol. The van der Waals surface area contributed by atoms with Crippen LogP contribution in [0.15, 0.2) is 6.33 Å². The highest BCUT2D eigenvalue weighted by Gasteiger charge is 2.21. The lowest BCUT2D eigenvalue weighted by molar-refractivity contribution is 0.0919. The first kappa shape index (κ1) is 14.6. The zero-order valence-corrected chi connectivity index (χ0v) is 11.6. The number of aromatic amines is 1. The Labute approximate surface area is 108 Å². The Morgan fingerprint density at radius 3 is 2.56 bits per heavy atom. The summed E-state index contributed by atoms with van der Waals surface area (Å²) in [7, 11) is 4.09. The van der Waals surface area contributed by atoms with E-state index in [0.29, 0.717) is 18.5 Å². The first-order valence-electron chi connectivity index (χ1n) is 6.40. The summed E-state index contributed by atoms with van der Waals surface area (Å²) in [5.41, 5.74) is 0. The van der Waals surface area contributed by atoms with Crippen molar-refractivity contribution < 1.29 is 4.79 Å². The Morgan fingerprint density at radius 1 is 1.44 bits per heavy atom. The Kier molecular flexibility index (Phi) is 5.77. The van der Waals surface area contributed by atoms with Crippen LogP contribution in [0, 0.1) is 5.92 Å². The largest absolute Gasteiger partial charge is 0.348 e. The average Bonchev–Trinajstić information content (AvgIpc) is 2.87. The van der Waals surface area contributed by atoms with Gasteiger partial charge in [0, 0.05) is 12.6 Å². The molecule has 0 saturated heterocycles. The Hall–Kier alpha value is -1.43. The highest BCUT2D eigenvalue weighted by Crippen LogP contribution is 2.16. The molecule has 0 fully saturated rings. The van der Waals surface area contributed by atoms with Crippen molar-refractivity contribution >= 4 is 5.91 Å². The van der Waals surface area contributed by atoms with Crippen LogP contribution in [0.3, 0.4) is 0 Å². The van der Waals surface area contributed by atoms with Gasteiger partial charge >= 0.3 is 0 Å². The van der Waals surface area contributed by atoms with Gasteiger partial charge in [-0.25, -0.2) is 4.98 Å². The van der Waals surface area contributed by atoms with Crippen molar-refractivity contribution in [3.05, 3.63) is 12.2 Å². The number of hydrogen-bond acceptors (Lipinski definition) is 4. The molecule has 6 nitrogen and oxygen atoms in total. The van der Waals surface area contributed by atoms with Crippen LogP contribution in [0.5, 0.6) is 0 Å². The lowest BCUT2D eigenvalue weighted by Crippen LogP contribution is -2.44. The third-order valence-electron chi connectivity index (χ3n) is 3.36. The van der Waals surface area contributed by atoms with Gasteiger partial charge in [-0.3, -0.25) is 9.89 Å². The van der Waals surface area contributed by atoms with Gasteiger partial charge in [-0.15, -0.1) is 0 Å². The average molecular weight is 253 g/mol. The van der Waals surface area contributed by atoms with Crippen LogP contribution >= 0.6 is 0 Å². The quantitative estimate of drug-likeness (QED) is 0.757. The molecule has 0 aliphatic heterocycles. The standard InChI is InChI=1S/C12H23N5O/c1-5-9(6-2)10(17(3)4)7-13-12(18)11-14-8-15-16-11/h8-10H,5-7H2,1-4H3,(H,13,18)(H,14,15,16). The van der Waals surface area contributed by atoms with Gasteiger partial charge in [-0.1, -0.05) is 26.7 Å². The summed E-state index contributed by atoms with van der Waals surface area (Å²) < 4.78 is 0. The molecule has 1 aromatic rings. The van der Waals surface area contributed by atoms with Gasteiger partial charge in [0.15, 0.2) is 0 Å². The van der Waals surface area contributed by atoms with Crippen LogP contribution in [-0.2, 0) is 0 Å².